The molecule has 0 aliphatic heterocycles. The van der Waals surface area contributed by atoms with Crippen LogP contribution in [0.15, 0.2) is 0 Å². The van der Waals surface area contributed by atoms with E-state index in [1.54, 1.807) is 0 Å². The van der Waals surface area contributed by atoms with Gasteiger partial charge in [-0.2, -0.15) is 0 Å². The molecule has 0 saturated heterocycles. The van der Waals surface area contributed by atoms with Crippen LogP contribution in [0.25, 0.3) is 0 Å². The molecule has 3 nitrogen and oxygen atoms in total. The molecule has 0 rings (SSSR count). The summed E-state index contributed by atoms with van der Waals surface area (Å²) in [5.74, 6) is 0.552. The van der Waals surface area contributed by atoms with Crippen molar-refractivity contribution < 1.29 is 4.79 Å². The van der Waals surface area contributed by atoms with Gasteiger partial charge in [-0.25, -0.2) is 0 Å². The standard InChI is InChI=1S/C12H26N2O/c1-6-14(10-9-13(4)5)8-7-12(15)11(2)3/h11H,6-10H2,1-5H3. The molecule has 0 atom stereocenters. The SMILES string of the molecule is CCN(CCC(=O)C(C)C)CCN(C)C. The van der Waals surface area contributed by atoms with Crippen molar-refractivity contribution in [1.29, 1.82) is 0 Å². The highest BCUT2D eigenvalue weighted by molar-refractivity contribution is 5.80. The van der Waals surface area contributed by atoms with Crippen molar-refractivity contribution in [3.63, 3.8) is 0 Å². The van der Waals surface area contributed by atoms with Crippen LogP contribution in [0.2, 0.25) is 0 Å². The Kier molecular flexibility index (Phi) is 7.61. The van der Waals surface area contributed by atoms with Crippen LogP contribution in [0, 0.1) is 5.92 Å². The first kappa shape index (κ1) is 14.6. The quantitative estimate of drug-likeness (QED) is 0.611. The molecule has 0 aromatic heterocycles. The van der Waals surface area contributed by atoms with Crippen LogP contribution in [0.5, 0.6) is 0 Å². The minimum atomic E-state index is 0.178. The smallest absolute Gasteiger partial charge is 0.136 e. The maximum atomic E-state index is 11.5. The third kappa shape index (κ3) is 7.51. The van der Waals surface area contributed by atoms with Crippen LogP contribution >= 0.6 is 0 Å². The first-order valence-electron chi connectivity index (χ1n) is 5.87. The number of carbonyl (C=O) groups excluding carboxylic acids is 1. The Balaban J connectivity index is 3.75. The second-order valence-electron chi connectivity index (χ2n) is 4.61. The van der Waals surface area contributed by atoms with Crippen molar-refractivity contribution >= 4 is 5.78 Å². The average Bonchev–Trinajstić information content (AvgIpc) is 2.17. The van der Waals surface area contributed by atoms with Crippen LogP contribution in [0.1, 0.15) is 27.2 Å². The maximum Gasteiger partial charge on any atom is 0.136 e. The summed E-state index contributed by atoms with van der Waals surface area (Å²) in [6.45, 7) is 10.1. The Morgan fingerprint density at radius 3 is 2.13 bits per heavy atom. The van der Waals surface area contributed by atoms with Gasteiger partial charge >= 0.3 is 0 Å². The lowest BCUT2D eigenvalue weighted by Gasteiger charge is -2.22. The van der Waals surface area contributed by atoms with Crippen LogP contribution in [-0.2, 0) is 4.79 Å². The molecule has 0 unspecified atom stereocenters. The van der Waals surface area contributed by atoms with E-state index in [1.807, 2.05) is 13.8 Å². The Bertz CT molecular complexity index is 178. The largest absolute Gasteiger partial charge is 0.308 e. The normalized spacial score (nSPS) is 11.7. The maximum absolute atomic E-state index is 11.5. The zero-order valence-electron chi connectivity index (χ0n) is 10.9. The van der Waals surface area contributed by atoms with Gasteiger partial charge in [0.25, 0.3) is 0 Å². The molecule has 0 N–H and O–H groups in total. The van der Waals surface area contributed by atoms with Crippen molar-refractivity contribution in [2.45, 2.75) is 27.2 Å². The van der Waals surface area contributed by atoms with Gasteiger partial charge in [-0.05, 0) is 20.6 Å². The van der Waals surface area contributed by atoms with Crippen molar-refractivity contribution in [3.05, 3.63) is 0 Å². The van der Waals surface area contributed by atoms with Gasteiger partial charge in [-0.1, -0.05) is 20.8 Å². The summed E-state index contributed by atoms with van der Waals surface area (Å²) in [5.41, 5.74) is 0. The summed E-state index contributed by atoms with van der Waals surface area (Å²) in [4.78, 5) is 16.0. The summed E-state index contributed by atoms with van der Waals surface area (Å²) < 4.78 is 0. The minimum Gasteiger partial charge on any atom is -0.308 e. The van der Waals surface area contributed by atoms with E-state index in [1.165, 1.54) is 0 Å². The minimum absolute atomic E-state index is 0.178. The van der Waals surface area contributed by atoms with E-state index >= 15 is 0 Å². The summed E-state index contributed by atoms with van der Waals surface area (Å²) in [6.07, 6.45) is 0.693. The molecule has 15 heavy (non-hydrogen) atoms. The summed E-state index contributed by atoms with van der Waals surface area (Å²) >= 11 is 0. The van der Waals surface area contributed by atoms with Gasteiger partial charge in [0.2, 0.25) is 0 Å². The Morgan fingerprint density at radius 2 is 1.73 bits per heavy atom. The molecule has 0 aromatic carbocycles. The molecule has 0 heterocycles. The van der Waals surface area contributed by atoms with Crippen LogP contribution in [-0.4, -0.2) is 55.9 Å². The molecule has 0 radical (unpaired) electrons. The van der Waals surface area contributed by atoms with Gasteiger partial charge in [-0.15, -0.1) is 0 Å². The Hall–Kier alpha value is -0.410. The van der Waals surface area contributed by atoms with Gasteiger partial charge in [-0.3, -0.25) is 4.79 Å². The number of ketones is 1. The van der Waals surface area contributed by atoms with Crippen LogP contribution in [0.4, 0.5) is 0 Å². The number of hydrogen-bond donors (Lipinski definition) is 0. The number of hydrogen-bond acceptors (Lipinski definition) is 3. The fourth-order valence-corrected chi connectivity index (χ4v) is 1.33. The number of carbonyl (C=O) groups is 1. The van der Waals surface area contributed by atoms with Crippen molar-refractivity contribution in [2.24, 2.45) is 5.92 Å². The average molecular weight is 214 g/mol. The molecule has 90 valence electrons. The lowest BCUT2D eigenvalue weighted by molar-refractivity contribution is -0.122. The third-order valence-corrected chi connectivity index (χ3v) is 2.63. The van der Waals surface area contributed by atoms with E-state index in [4.69, 9.17) is 0 Å². The molecule has 0 aliphatic rings. The lowest BCUT2D eigenvalue weighted by atomic mass is 10.1. The van der Waals surface area contributed by atoms with E-state index in [0.29, 0.717) is 12.2 Å². The predicted octanol–water partition coefficient (Wildman–Crippen LogP) is 1.49. The third-order valence-electron chi connectivity index (χ3n) is 2.63. The summed E-state index contributed by atoms with van der Waals surface area (Å²) in [5, 5.41) is 0. The first-order valence-corrected chi connectivity index (χ1v) is 5.87. The zero-order valence-corrected chi connectivity index (χ0v) is 10.9. The van der Waals surface area contributed by atoms with E-state index in [2.05, 4.69) is 30.8 Å². The predicted molar refractivity (Wildman–Crippen MR) is 65.1 cm³/mol. The van der Waals surface area contributed by atoms with Gasteiger partial charge < -0.3 is 9.80 Å². The van der Waals surface area contributed by atoms with E-state index in [9.17, 15) is 4.79 Å². The molecule has 0 fully saturated rings. The van der Waals surface area contributed by atoms with E-state index in [-0.39, 0.29) is 5.92 Å². The van der Waals surface area contributed by atoms with Crippen LogP contribution in [0.3, 0.4) is 0 Å². The van der Waals surface area contributed by atoms with Gasteiger partial charge in [0, 0.05) is 32.0 Å². The second-order valence-corrected chi connectivity index (χ2v) is 4.61. The fourth-order valence-electron chi connectivity index (χ4n) is 1.33. The first-order chi connectivity index (χ1) is 6.97. The molecule has 0 bridgehead atoms. The number of Topliss-reactive ketones (excluding diaryl/α,β-unsaturated/α-hetero) is 1. The summed E-state index contributed by atoms with van der Waals surface area (Å²) in [7, 11) is 4.15. The second kappa shape index (κ2) is 7.83. The highest BCUT2D eigenvalue weighted by Gasteiger charge is 2.09. The molecule has 0 aliphatic carbocycles. The highest BCUT2D eigenvalue weighted by atomic mass is 16.1. The van der Waals surface area contributed by atoms with Crippen molar-refractivity contribution in [3.8, 4) is 0 Å². The Morgan fingerprint density at radius 1 is 1.13 bits per heavy atom. The molecule has 0 spiro atoms. The van der Waals surface area contributed by atoms with Crippen LogP contribution < -0.4 is 0 Å². The number of likely N-dealkylation sites (N-methyl/N-ethyl adjacent to an activating group) is 2. The molecule has 3 heteroatoms. The monoisotopic (exact) mass is 214 g/mol. The molecular weight excluding hydrogens is 188 g/mol. The number of rotatable bonds is 8. The van der Waals surface area contributed by atoms with Gasteiger partial charge in [0.1, 0.15) is 5.78 Å². The zero-order chi connectivity index (χ0) is 11.8. The van der Waals surface area contributed by atoms with Gasteiger partial charge in [0.05, 0.1) is 0 Å². The van der Waals surface area contributed by atoms with Gasteiger partial charge in [0.15, 0.2) is 0 Å². The fraction of sp³-hybridized carbons (Fsp3) is 0.917. The number of nitrogens with zero attached hydrogens (tertiary/aromatic N) is 2. The molecule has 0 saturated carbocycles. The topological polar surface area (TPSA) is 23.6 Å². The molecule has 0 aromatic rings. The molecule has 0 amide bonds. The summed E-state index contributed by atoms with van der Waals surface area (Å²) in [6, 6.07) is 0. The lowest BCUT2D eigenvalue weighted by Crippen LogP contribution is -2.33. The van der Waals surface area contributed by atoms with E-state index < -0.39 is 0 Å². The van der Waals surface area contributed by atoms with Crippen molar-refractivity contribution in [1.82, 2.24) is 9.80 Å². The Labute approximate surface area is 94.4 Å². The molecular formula is C12H26N2O. The van der Waals surface area contributed by atoms with E-state index in [0.717, 1.165) is 26.2 Å². The highest BCUT2D eigenvalue weighted by Crippen LogP contribution is 2.00. The van der Waals surface area contributed by atoms with Crippen molar-refractivity contribution in [2.75, 3.05) is 40.3 Å².